The van der Waals surface area contributed by atoms with E-state index in [1.54, 1.807) is 0 Å². The maximum absolute atomic E-state index is 12.7. The average molecular weight is 453 g/mol. The van der Waals surface area contributed by atoms with Gasteiger partial charge >= 0.3 is 6.18 Å². The Hall–Kier alpha value is -1.97. The van der Waals surface area contributed by atoms with E-state index in [2.05, 4.69) is 14.8 Å². The molecule has 0 radical (unpaired) electrons. The van der Waals surface area contributed by atoms with Crippen molar-refractivity contribution >= 4 is 17.2 Å². The van der Waals surface area contributed by atoms with Gasteiger partial charge in [-0.05, 0) is 31.4 Å². The third-order valence-corrected chi connectivity index (χ3v) is 6.87. The number of halogens is 3. The lowest BCUT2D eigenvalue weighted by molar-refractivity contribution is -0.137. The van der Waals surface area contributed by atoms with E-state index in [9.17, 15) is 18.0 Å². The molecule has 0 aliphatic carbocycles. The van der Waals surface area contributed by atoms with E-state index in [4.69, 9.17) is 0 Å². The molecule has 31 heavy (non-hydrogen) atoms. The van der Waals surface area contributed by atoms with Crippen molar-refractivity contribution in [1.29, 1.82) is 0 Å². The predicted octanol–water partition coefficient (Wildman–Crippen LogP) is 3.96. The largest absolute Gasteiger partial charge is 0.416 e. The molecule has 2 aliphatic heterocycles. The number of hydrogen-bond acceptors (Lipinski definition) is 5. The van der Waals surface area contributed by atoms with Gasteiger partial charge in [-0.3, -0.25) is 14.6 Å². The van der Waals surface area contributed by atoms with Crippen LogP contribution in [0.3, 0.4) is 0 Å². The second kappa shape index (κ2) is 9.67. The summed E-state index contributed by atoms with van der Waals surface area (Å²) in [6.45, 7) is 6.47. The molecule has 4 rings (SSSR count). The van der Waals surface area contributed by atoms with E-state index in [-0.39, 0.29) is 5.91 Å². The fourth-order valence-corrected chi connectivity index (χ4v) is 4.90. The zero-order valence-electron chi connectivity index (χ0n) is 17.4. The highest BCUT2D eigenvalue weighted by Crippen LogP contribution is 2.32. The van der Waals surface area contributed by atoms with Crippen LogP contribution in [0.5, 0.6) is 0 Å². The van der Waals surface area contributed by atoms with Crippen LogP contribution in [0.1, 0.15) is 30.5 Å². The van der Waals surface area contributed by atoms with Crippen LogP contribution in [-0.4, -0.2) is 71.4 Å². The topological polar surface area (TPSA) is 39.7 Å². The molecule has 0 bridgehead atoms. The van der Waals surface area contributed by atoms with Crippen molar-refractivity contribution in [2.45, 2.75) is 32.0 Å². The second-order valence-corrected chi connectivity index (χ2v) is 9.07. The van der Waals surface area contributed by atoms with Gasteiger partial charge in [0.25, 0.3) is 0 Å². The first-order valence-corrected chi connectivity index (χ1v) is 11.6. The summed E-state index contributed by atoms with van der Waals surface area (Å²) < 4.78 is 38.2. The highest BCUT2D eigenvalue weighted by molar-refractivity contribution is 7.13. The number of carbonyl (C=O) groups is 1. The minimum Gasteiger partial charge on any atom is -0.342 e. The Kier molecular flexibility index (Phi) is 6.93. The van der Waals surface area contributed by atoms with Crippen molar-refractivity contribution < 1.29 is 18.0 Å². The van der Waals surface area contributed by atoms with Crippen molar-refractivity contribution in [3.05, 3.63) is 40.9 Å². The maximum atomic E-state index is 12.7. The molecule has 2 aromatic rings. The Morgan fingerprint density at radius 2 is 1.58 bits per heavy atom. The summed E-state index contributed by atoms with van der Waals surface area (Å²) in [4.78, 5) is 23.6. The molecule has 0 spiro atoms. The summed E-state index contributed by atoms with van der Waals surface area (Å²) in [6.07, 6.45) is -0.879. The van der Waals surface area contributed by atoms with Gasteiger partial charge in [0.2, 0.25) is 5.91 Å². The van der Waals surface area contributed by atoms with Crippen LogP contribution in [0.4, 0.5) is 13.2 Å². The van der Waals surface area contributed by atoms with Gasteiger partial charge in [0.15, 0.2) is 0 Å². The number of hydrogen-bond donors (Lipinski definition) is 0. The molecule has 1 aromatic heterocycles. The first-order chi connectivity index (χ1) is 14.9. The van der Waals surface area contributed by atoms with Crippen molar-refractivity contribution in [3.63, 3.8) is 0 Å². The Labute approximate surface area is 184 Å². The summed E-state index contributed by atoms with van der Waals surface area (Å²) in [5.41, 5.74) is 0.979. The summed E-state index contributed by atoms with van der Waals surface area (Å²) in [7, 11) is 0. The van der Waals surface area contributed by atoms with Gasteiger partial charge in [-0.2, -0.15) is 13.2 Å². The highest BCUT2D eigenvalue weighted by Gasteiger charge is 2.30. The minimum absolute atomic E-state index is 0.244. The van der Waals surface area contributed by atoms with Crippen molar-refractivity contribution in [3.8, 4) is 10.6 Å². The zero-order chi connectivity index (χ0) is 21.8. The molecule has 0 saturated carbocycles. The van der Waals surface area contributed by atoms with E-state index < -0.39 is 11.7 Å². The molecule has 0 atom stereocenters. The van der Waals surface area contributed by atoms with Crippen LogP contribution in [0.25, 0.3) is 10.6 Å². The molecule has 2 fully saturated rings. The Bertz CT molecular complexity index is 870. The lowest BCUT2D eigenvalue weighted by Gasteiger charge is -2.35. The van der Waals surface area contributed by atoms with Crippen LogP contribution in [0.15, 0.2) is 29.6 Å². The number of thiazole rings is 1. The molecule has 1 aromatic carbocycles. The van der Waals surface area contributed by atoms with Gasteiger partial charge in [-0.1, -0.05) is 12.1 Å². The van der Waals surface area contributed by atoms with Gasteiger partial charge in [-0.15, -0.1) is 11.3 Å². The summed E-state index contributed by atoms with van der Waals surface area (Å²) in [6, 6.07) is 5.15. The number of alkyl halides is 3. The second-order valence-electron chi connectivity index (χ2n) is 8.21. The SMILES string of the molecule is O=C(CN1CCN(Cc2csc(-c3ccc(C(F)(F)F)cc3)n2)CC1)N1CCCCC1. The monoisotopic (exact) mass is 452 g/mol. The third-order valence-electron chi connectivity index (χ3n) is 5.93. The summed E-state index contributed by atoms with van der Waals surface area (Å²) in [5, 5.41) is 2.70. The molecule has 2 saturated heterocycles. The molecular formula is C22H27F3N4OS. The number of benzene rings is 1. The number of carbonyl (C=O) groups excluding carboxylic acids is 1. The van der Waals surface area contributed by atoms with Gasteiger partial charge in [0.1, 0.15) is 5.01 Å². The van der Waals surface area contributed by atoms with E-state index in [0.717, 1.165) is 74.9 Å². The Morgan fingerprint density at radius 3 is 2.23 bits per heavy atom. The predicted molar refractivity (Wildman–Crippen MR) is 115 cm³/mol. The van der Waals surface area contributed by atoms with Crippen LogP contribution in [0.2, 0.25) is 0 Å². The van der Waals surface area contributed by atoms with Crippen LogP contribution >= 0.6 is 11.3 Å². The zero-order valence-corrected chi connectivity index (χ0v) is 18.2. The molecule has 1 amide bonds. The van der Waals surface area contributed by atoms with Gasteiger partial charge in [0, 0.05) is 56.8 Å². The number of amides is 1. The molecule has 9 heteroatoms. The highest BCUT2D eigenvalue weighted by atomic mass is 32.1. The van der Waals surface area contributed by atoms with Crippen LogP contribution in [-0.2, 0) is 17.5 Å². The summed E-state index contributed by atoms with van der Waals surface area (Å²) >= 11 is 1.45. The fourth-order valence-electron chi connectivity index (χ4n) is 4.08. The Balaban J connectivity index is 1.26. The number of aromatic nitrogens is 1. The minimum atomic E-state index is -4.33. The first kappa shape index (κ1) is 22.2. The lowest BCUT2D eigenvalue weighted by Crippen LogP contribution is -2.50. The smallest absolute Gasteiger partial charge is 0.342 e. The lowest BCUT2D eigenvalue weighted by atomic mass is 10.1. The van der Waals surface area contributed by atoms with E-state index in [1.807, 2.05) is 10.3 Å². The Morgan fingerprint density at radius 1 is 0.935 bits per heavy atom. The number of rotatable bonds is 5. The normalized spacial score (nSPS) is 19.0. The molecule has 0 unspecified atom stereocenters. The van der Waals surface area contributed by atoms with E-state index in [0.29, 0.717) is 18.7 Å². The molecule has 2 aliphatic rings. The van der Waals surface area contributed by atoms with Crippen molar-refractivity contribution in [1.82, 2.24) is 19.7 Å². The quantitative estimate of drug-likeness (QED) is 0.689. The maximum Gasteiger partial charge on any atom is 0.416 e. The van der Waals surface area contributed by atoms with Crippen molar-refractivity contribution in [2.24, 2.45) is 0 Å². The molecule has 168 valence electrons. The molecule has 5 nitrogen and oxygen atoms in total. The number of likely N-dealkylation sites (tertiary alicyclic amines) is 1. The molecule has 0 N–H and O–H groups in total. The summed E-state index contributed by atoms with van der Waals surface area (Å²) in [5.74, 6) is 0.244. The standard InChI is InChI=1S/C22H27F3N4OS/c23-22(24,25)18-6-4-17(5-7-18)21-26-19(16-31-21)14-27-10-12-28(13-11-27)15-20(30)29-8-2-1-3-9-29/h4-7,16H,1-3,8-15H2. The first-order valence-electron chi connectivity index (χ1n) is 10.7. The van der Waals surface area contributed by atoms with Crippen molar-refractivity contribution in [2.75, 3.05) is 45.8 Å². The fraction of sp³-hybridized carbons (Fsp3) is 0.545. The molecular weight excluding hydrogens is 425 g/mol. The van der Waals surface area contributed by atoms with Crippen LogP contribution in [0, 0.1) is 0 Å². The number of piperidine rings is 1. The average Bonchev–Trinajstić information content (AvgIpc) is 3.24. The van der Waals surface area contributed by atoms with Gasteiger partial charge in [0.05, 0.1) is 17.8 Å². The van der Waals surface area contributed by atoms with Gasteiger partial charge < -0.3 is 4.90 Å². The van der Waals surface area contributed by atoms with Gasteiger partial charge in [-0.25, -0.2) is 4.98 Å². The van der Waals surface area contributed by atoms with E-state index >= 15 is 0 Å². The van der Waals surface area contributed by atoms with E-state index in [1.165, 1.54) is 29.9 Å². The number of nitrogens with zero attached hydrogens (tertiary/aromatic N) is 4. The van der Waals surface area contributed by atoms with Crippen LogP contribution < -0.4 is 0 Å². The molecule has 3 heterocycles. The number of piperazine rings is 1. The third kappa shape index (κ3) is 5.84.